The minimum atomic E-state index is -0.608. The zero-order valence-corrected chi connectivity index (χ0v) is 15.3. The molecule has 0 spiro atoms. The van der Waals surface area contributed by atoms with E-state index in [2.05, 4.69) is 10.6 Å². The molecule has 0 bridgehead atoms. The van der Waals surface area contributed by atoms with Crippen LogP contribution in [0.4, 0.5) is 0 Å². The maximum Gasteiger partial charge on any atom is 0.244 e. The molecule has 1 aromatic rings. The lowest BCUT2D eigenvalue weighted by molar-refractivity contribution is -0.126. The van der Waals surface area contributed by atoms with Gasteiger partial charge in [-0.3, -0.25) is 9.59 Å². The van der Waals surface area contributed by atoms with Crippen LogP contribution in [0.5, 0.6) is 17.2 Å². The molecule has 0 aliphatic rings. The summed E-state index contributed by atoms with van der Waals surface area (Å²) in [6.07, 6.45) is 3.80. The van der Waals surface area contributed by atoms with Gasteiger partial charge in [-0.15, -0.1) is 0 Å². The van der Waals surface area contributed by atoms with Gasteiger partial charge in [0.25, 0.3) is 0 Å². The van der Waals surface area contributed by atoms with Crippen molar-refractivity contribution in [1.29, 1.82) is 0 Å². The summed E-state index contributed by atoms with van der Waals surface area (Å²) in [5, 5.41) is 5.34. The molecule has 2 amide bonds. The summed E-state index contributed by atoms with van der Waals surface area (Å²) in [6, 6.07) is 2.84. The standard InChI is InChI=1S/C18H26N2O5/c1-6-9-19-18(22)12(2)20-16(21)8-7-13-10-14(23-3)17(25-5)15(11-13)24-4/h7-8,10-12H,6,9H2,1-5H3,(H,19,22)(H,20,21)/b8-7+/t12-/m1/s1. The SMILES string of the molecule is CCCNC(=O)[C@@H](C)NC(=O)/C=C/c1cc(OC)c(OC)c(OC)c1. The second-order valence-electron chi connectivity index (χ2n) is 5.31. The molecule has 2 N–H and O–H groups in total. The largest absolute Gasteiger partial charge is 0.493 e. The highest BCUT2D eigenvalue weighted by Crippen LogP contribution is 2.38. The Labute approximate surface area is 148 Å². The summed E-state index contributed by atoms with van der Waals surface area (Å²) in [5.41, 5.74) is 0.702. The Kier molecular flexibility index (Phi) is 8.32. The van der Waals surface area contributed by atoms with Crippen LogP contribution in [-0.2, 0) is 9.59 Å². The van der Waals surface area contributed by atoms with E-state index in [1.807, 2.05) is 6.92 Å². The van der Waals surface area contributed by atoms with Crippen molar-refractivity contribution in [2.45, 2.75) is 26.3 Å². The lowest BCUT2D eigenvalue weighted by Gasteiger charge is -2.13. The van der Waals surface area contributed by atoms with Gasteiger partial charge >= 0.3 is 0 Å². The number of nitrogens with one attached hydrogen (secondary N) is 2. The van der Waals surface area contributed by atoms with Crippen molar-refractivity contribution in [3.8, 4) is 17.2 Å². The van der Waals surface area contributed by atoms with E-state index in [0.29, 0.717) is 29.4 Å². The van der Waals surface area contributed by atoms with Crippen LogP contribution in [0.2, 0.25) is 0 Å². The van der Waals surface area contributed by atoms with Crippen LogP contribution in [0.1, 0.15) is 25.8 Å². The minimum absolute atomic E-state index is 0.212. The number of hydrogen-bond donors (Lipinski definition) is 2. The maximum absolute atomic E-state index is 12.0. The second kappa shape index (κ2) is 10.2. The Morgan fingerprint density at radius 3 is 2.20 bits per heavy atom. The fourth-order valence-electron chi connectivity index (χ4n) is 2.10. The van der Waals surface area contributed by atoms with E-state index in [1.54, 1.807) is 25.1 Å². The molecule has 0 aliphatic carbocycles. The zero-order chi connectivity index (χ0) is 18.8. The van der Waals surface area contributed by atoms with Gasteiger partial charge in [-0.05, 0) is 37.1 Å². The van der Waals surface area contributed by atoms with Gasteiger partial charge in [-0.1, -0.05) is 6.92 Å². The Balaban J connectivity index is 2.80. The summed E-state index contributed by atoms with van der Waals surface area (Å²) >= 11 is 0. The van der Waals surface area contributed by atoms with Crippen LogP contribution >= 0.6 is 0 Å². The summed E-state index contributed by atoms with van der Waals surface area (Å²) in [6.45, 7) is 4.18. The molecule has 7 nitrogen and oxygen atoms in total. The molecule has 1 atom stereocenters. The third-order valence-corrected chi connectivity index (χ3v) is 3.42. The Hall–Kier alpha value is -2.70. The quantitative estimate of drug-likeness (QED) is 0.663. The fourth-order valence-corrected chi connectivity index (χ4v) is 2.10. The van der Waals surface area contributed by atoms with Gasteiger partial charge in [-0.25, -0.2) is 0 Å². The predicted octanol–water partition coefficient (Wildman–Crippen LogP) is 1.76. The van der Waals surface area contributed by atoms with Crippen molar-refractivity contribution in [3.05, 3.63) is 23.8 Å². The van der Waals surface area contributed by atoms with Crippen molar-refractivity contribution < 1.29 is 23.8 Å². The average Bonchev–Trinajstić information content (AvgIpc) is 2.63. The molecule has 25 heavy (non-hydrogen) atoms. The van der Waals surface area contributed by atoms with Gasteiger partial charge in [-0.2, -0.15) is 0 Å². The Morgan fingerprint density at radius 1 is 1.12 bits per heavy atom. The highest BCUT2D eigenvalue weighted by Gasteiger charge is 2.14. The average molecular weight is 350 g/mol. The number of rotatable bonds is 9. The molecule has 0 aliphatic heterocycles. The topological polar surface area (TPSA) is 85.9 Å². The van der Waals surface area contributed by atoms with Crippen molar-refractivity contribution in [2.24, 2.45) is 0 Å². The van der Waals surface area contributed by atoms with Crippen molar-refractivity contribution in [1.82, 2.24) is 10.6 Å². The van der Waals surface area contributed by atoms with Crippen molar-refractivity contribution in [2.75, 3.05) is 27.9 Å². The summed E-state index contributed by atoms with van der Waals surface area (Å²) < 4.78 is 15.8. The zero-order valence-electron chi connectivity index (χ0n) is 15.3. The smallest absolute Gasteiger partial charge is 0.244 e. The van der Waals surface area contributed by atoms with Crippen LogP contribution < -0.4 is 24.8 Å². The van der Waals surface area contributed by atoms with Gasteiger partial charge in [0.05, 0.1) is 21.3 Å². The molecule has 0 fully saturated rings. The van der Waals surface area contributed by atoms with Gasteiger partial charge in [0.1, 0.15) is 6.04 Å². The first-order valence-electron chi connectivity index (χ1n) is 8.03. The minimum Gasteiger partial charge on any atom is -0.493 e. The molecular weight excluding hydrogens is 324 g/mol. The van der Waals surface area contributed by atoms with E-state index in [9.17, 15) is 9.59 Å². The number of hydrogen-bond acceptors (Lipinski definition) is 5. The van der Waals surface area contributed by atoms with Gasteiger partial charge in [0, 0.05) is 12.6 Å². The number of carbonyl (C=O) groups is 2. The van der Waals surface area contributed by atoms with E-state index >= 15 is 0 Å². The van der Waals surface area contributed by atoms with E-state index < -0.39 is 6.04 Å². The molecule has 0 aromatic heterocycles. The van der Waals surface area contributed by atoms with E-state index in [4.69, 9.17) is 14.2 Å². The number of methoxy groups -OCH3 is 3. The number of benzene rings is 1. The molecule has 0 heterocycles. The van der Waals surface area contributed by atoms with E-state index in [0.717, 1.165) is 6.42 Å². The monoisotopic (exact) mass is 350 g/mol. The van der Waals surface area contributed by atoms with Crippen LogP contribution in [0.25, 0.3) is 6.08 Å². The normalized spacial score (nSPS) is 11.7. The van der Waals surface area contributed by atoms with Crippen molar-refractivity contribution >= 4 is 17.9 Å². The highest BCUT2D eigenvalue weighted by atomic mass is 16.5. The molecule has 7 heteroatoms. The third-order valence-electron chi connectivity index (χ3n) is 3.42. The summed E-state index contributed by atoms with van der Waals surface area (Å²) in [7, 11) is 4.57. The van der Waals surface area contributed by atoms with Gasteiger partial charge in [0.15, 0.2) is 11.5 Å². The van der Waals surface area contributed by atoms with Crippen LogP contribution in [-0.4, -0.2) is 45.7 Å². The van der Waals surface area contributed by atoms with Gasteiger partial charge in [0.2, 0.25) is 17.6 Å². The first kappa shape index (κ1) is 20.3. The van der Waals surface area contributed by atoms with Crippen molar-refractivity contribution in [3.63, 3.8) is 0 Å². The Morgan fingerprint density at radius 2 is 1.72 bits per heavy atom. The number of amides is 2. The number of ether oxygens (including phenoxy) is 3. The molecule has 0 unspecified atom stereocenters. The highest BCUT2D eigenvalue weighted by molar-refractivity contribution is 5.95. The second-order valence-corrected chi connectivity index (χ2v) is 5.31. The van der Waals surface area contributed by atoms with Crippen LogP contribution in [0.15, 0.2) is 18.2 Å². The fraction of sp³-hybridized carbons (Fsp3) is 0.444. The summed E-state index contributed by atoms with van der Waals surface area (Å²) in [5.74, 6) is 0.889. The molecular formula is C18H26N2O5. The molecule has 1 aromatic carbocycles. The molecule has 0 saturated heterocycles. The first-order chi connectivity index (χ1) is 12.0. The lowest BCUT2D eigenvalue weighted by Crippen LogP contribution is -2.44. The summed E-state index contributed by atoms with van der Waals surface area (Å²) in [4.78, 5) is 23.7. The number of carbonyl (C=O) groups excluding carboxylic acids is 2. The molecule has 0 radical (unpaired) electrons. The predicted molar refractivity (Wildman–Crippen MR) is 96.0 cm³/mol. The van der Waals surface area contributed by atoms with Gasteiger partial charge < -0.3 is 24.8 Å². The molecule has 138 valence electrons. The molecule has 1 rings (SSSR count). The van der Waals surface area contributed by atoms with Crippen LogP contribution in [0.3, 0.4) is 0 Å². The Bertz CT molecular complexity index is 603. The van der Waals surface area contributed by atoms with E-state index in [-0.39, 0.29) is 11.8 Å². The lowest BCUT2D eigenvalue weighted by atomic mass is 10.1. The molecule has 0 saturated carbocycles. The first-order valence-corrected chi connectivity index (χ1v) is 8.03. The third kappa shape index (κ3) is 6.02. The van der Waals surface area contributed by atoms with E-state index in [1.165, 1.54) is 27.4 Å². The maximum atomic E-state index is 12.0. The van der Waals surface area contributed by atoms with Crippen LogP contribution in [0, 0.1) is 0 Å².